The summed E-state index contributed by atoms with van der Waals surface area (Å²) in [4.78, 5) is 28.7. The van der Waals surface area contributed by atoms with E-state index in [0.717, 1.165) is 0 Å². The van der Waals surface area contributed by atoms with E-state index < -0.39 is 9.85 Å². The fourth-order valence-electron chi connectivity index (χ4n) is 2.02. The molecule has 4 N–H and O–H groups in total. The molecule has 0 unspecified atom stereocenters. The minimum absolute atomic E-state index is 0.0696. The number of non-ortho nitro benzene ring substituents is 2. The van der Waals surface area contributed by atoms with E-state index in [1.807, 2.05) is 0 Å². The van der Waals surface area contributed by atoms with Crippen molar-refractivity contribution in [2.75, 3.05) is 24.6 Å². The van der Waals surface area contributed by atoms with E-state index in [0.29, 0.717) is 35.6 Å². The van der Waals surface area contributed by atoms with Crippen LogP contribution in [0.1, 0.15) is 11.1 Å². The molecular formula is C16H16N6O4. The Morgan fingerprint density at radius 1 is 0.808 bits per heavy atom. The van der Waals surface area contributed by atoms with Crippen molar-refractivity contribution < 1.29 is 9.85 Å². The van der Waals surface area contributed by atoms with Gasteiger partial charge in [0.1, 0.15) is 0 Å². The normalized spacial score (nSPS) is 11.2. The number of anilines is 2. The Bertz CT molecular complexity index is 821. The van der Waals surface area contributed by atoms with Crippen molar-refractivity contribution in [3.63, 3.8) is 0 Å². The Morgan fingerprint density at radius 3 is 1.54 bits per heavy atom. The van der Waals surface area contributed by atoms with Crippen LogP contribution in [0.25, 0.3) is 0 Å². The van der Waals surface area contributed by atoms with Crippen LogP contribution in [0.15, 0.2) is 46.4 Å². The highest BCUT2D eigenvalue weighted by Crippen LogP contribution is 2.19. The van der Waals surface area contributed by atoms with Crippen molar-refractivity contribution in [1.82, 2.24) is 0 Å². The van der Waals surface area contributed by atoms with Crippen LogP contribution in [-0.4, -0.2) is 35.4 Å². The molecule has 134 valence electrons. The number of benzene rings is 2. The number of nitro groups is 2. The van der Waals surface area contributed by atoms with Crippen molar-refractivity contribution in [2.45, 2.75) is 0 Å². The predicted molar refractivity (Wildman–Crippen MR) is 99.9 cm³/mol. The maximum Gasteiger partial charge on any atom is 0.270 e. The van der Waals surface area contributed by atoms with Crippen molar-refractivity contribution in [3.8, 4) is 0 Å². The first kappa shape index (κ1) is 18.5. The van der Waals surface area contributed by atoms with E-state index in [4.69, 9.17) is 11.5 Å². The third kappa shape index (κ3) is 4.84. The zero-order valence-electron chi connectivity index (χ0n) is 13.6. The molecule has 0 aliphatic heterocycles. The standard InChI is InChI=1S/C16H16N6O4/c17-15-3-1-13(21(23)24)7-11(15)9-19-5-6-20-10-12-8-14(22(25)26)2-4-16(12)18/h1-4,7-10H,5-6,17-18H2. The Kier molecular flexibility index (Phi) is 5.93. The van der Waals surface area contributed by atoms with Gasteiger partial charge < -0.3 is 11.5 Å². The molecule has 0 aliphatic rings. The van der Waals surface area contributed by atoms with Crippen LogP contribution >= 0.6 is 0 Å². The molecule has 2 rings (SSSR count). The molecule has 0 fully saturated rings. The van der Waals surface area contributed by atoms with E-state index in [9.17, 15) is 20.2 Å². The number of hydrogen-bond donors (Lipinski definition) is 2. The van der Waals surface area contributed by atoms with Crippen molar-refractivity contribution >= 4 is 35.2 Å². The van der Waals surface area contributed by atoms with Gasteiger partial charge in [-0.25, -0.2) is 0 Å². The molecule has 26 heavy (non-hydrogen) atoms. The van der Waals surface area contributed by atoms with Crippen LogP contribution in [0.3, 0.4) is 0 Å². The Hall–Kier alpha value is -3.82. The molecule has 0 saturated carbocycles. The lowest BCUT2D eigenvalue weighted by Crippen LogP contribution is -1.98. The molecule has 2 aromatic rings. The second-order valence-corrected chi connectivity index (χ2v) is 5.21. The van der Waals surface area contributed by atoms with Gasteiger partial charge in [-0.15, -0.1) is 0 Å². The fourth-order valence-corrected chi connectivity index (χ4v) is 2.02. The van der Waals surface area contributed by atoms with E-state index in [-0.39, 0.29) is 11.4 Å². The van der Waals surface area contributed by atoms with Gasteiger partial charge in [0.25, 0.3) is 11.4 Å². The number of rotatable bonds is 7. The van der Waals surface area contributed by atoms with Crippen LogP contribution < -0.4 is 11.5 Å². The first-order chi connectivity index (χ1) is 12.4. The molecule has 0 atom stereocenters. The first-order valence-electron chi connectivity index (χ1n) is 7.46. The highest BCUT2D eigenvalue weighted by atomic mass is 16.6. The zero-order chi connectivity index (χ0) is 19.1. The summed E-state index contributed by atoms with van der Waals surface area (Å²) in [5, 5.41) is 21.5. The molecular weight excluding hydrogens is 340 g/mol. The van der Waals surface area contributed by atoms with Gasteiger partial charge in [-0.3, -0.25) is 30.2 Å². The quantitative estimate of drug-likeness (QED) is 0.254. The number of nitro benzene ring substituents is 2. The average Bonchev–Trinajstić information content (AvgIpc) is 2.60. The Balaban J connectivity index is 1.97. The number of hydrogen-bond acceptors (Lipinski definition) is 8. The summed E-state index contributed by atoms with van der Waals surface area (Å²) in [6, 6.07) is 8.21. The van der Waals surface area contributed by atoms with E-state index in [1.54, 1.807) is 0 Å². The molecule has 0 heterocycles. The van der Waals surface area contributed by atoms with Crippen molar-refractivity contribution in [2.24, 2.45) is 9.98 Å². The van der Waals surface area contributed by atoms with Gasteiger partial charge in [-0.1, -0.05) is 0 Å². The van der Waals surface area contributed by atoms with Crippen LogP contribution in [0.2, 0.25) is 0 Å². The molecule has 0 spiro atoms. The minimum atomic E-state index is -0.509. The zero-order valence-corrected chi connectivity index (χ0v) is 13.6. The maximum absolute atomic E-state index is 10.8. The maximum atomic E-state index is 10.8. The third-order valence-electron chi connectivity index (χ3n) is 3.38. The molecule has 0 amide bonds. The lowest BCUT2D eigenvalue weighted by Gasteiger charge is -2.00. The monoisotopic (exact) mass is 356 g/mol. The summed E-state index contributed by atoms with van der Waals surface area (Å²) in [7, 11) is 0. The molecule has 0 aromatic heterocycles. The molecule has 0 saturated heterocycles. The summed E-state index contributed by atoms with van der Waals surface area (Å²) in [5.74, 6) is 0. The molecule has 0 radical (unpaired) electrons. The summed E-state index contributed by atoms with van der Waals surface area (Å²) in [6.07, 6.45) is 2.89. The minimum Gasteiger partial charge on any atom is -0.398 e. The number of nitrogen functional groups attached to an aromatic ring is 2. The molecule has 10 heteroatoms. The lowest BCUT2D eigenvalue weighted by molar-refractivity contribution is -0.385. The van der Waals surface area contributed by atoms with Crippen LogP contribution in [0.5, 0.6) is 0 Å². The van der Waals surface area contributed by atoms with Gasteiger partial charge in [0.05, 0.1) is 22.9 Å². The number of nitrogens with two attached hydrogens (primary N) is 2. The van der Waals surface area contributed by atoms with Gasteiger partial charge in [0.2, 0.25) is 0 Å². The van der Waals surface area contributed by atoms with Gasteiger partial charge >= 0.3 is 0 Å². The summed E-state index contributed by atoms with van der Waals surface area (Å²) in [6.45, 7) is 0.626. The smallest absolute Gasteiger partial charge is 0.270 e. The van der Waals surface area contributed by atoms with E-state index >= 15 is 0 Å². The van der Waals surface area contributed by atoms with Crippen LogP contribution in [0, 0.1) is 20.2 Å². The Morgan fingerprint density at radius 2 is 1.19 bits per heavy atom. The van der Waals surface area contributed by atoms with Crippen molar-refractivity contribution in [1.29, 1.82) is 0 Å². The predicted octanol–water partition coefficient (Wildman–Crippen LogP) is 2.21. The summed E-state index contributed by atoms with van der Waals surface area (Å²) in [5.41, 5.74) is 13.0. The van der Waals surface area contributed by atoms with E-state index in [1.165, 1.54) is 48.8 Å². The van der Waals surface area contributed by atoms with Gasteiger partial charge in [0, 0.05) is 59.2 Å². The fraction of sp³-hybridized carbons (Fsp3) is 0.125. The first-order valence-corrected chi connectivity index (χ1v) is 7.46. The second kappa shape index (κ2) is 8.33. The molecule has 2 aromatic carbocycles. The van der Waals surface area contributed by atoms with Gasteiger partial charge in [-0.2, -0.15) is 0 Å². The number of nitrogens with zero attached hydrogens (tertiary/aromatic N) is 4. The molecule has 10 nitrogen and oxygen atoms in total. The average molecular weight is 356 g/mol. The van der Waals surface area contributed by atoms with Crippen LogP contribution in [0.4, 0.5) is 22.7 Å². The van der Waals surface area contributed by atoms with Gasteiger partial charge in [-0.05, 0) is 12.1 Å². The van der Waals surface area contributed by atoms with Crippen molar-refractivity contribution in [3.05, 3.63) is 67.8 Å². The summed E-state index contributed by atoms with van der Waals surface area (Å²) < 4.78 is 0. The van der Waals surface area contributed by atoms with Crippen LogP contribution in [-0.2, 0) is 0 Å². The topological polar surface area (TPSA) is 163 Å². The SMILES string of the molecule is Nc1ccc([N+](=O)[O-])cc1C=NCCN=Cc1cc([N+](=O)[O-])ccc1N. The molecule has 0 aliphatic carbocycles. The lowest BCUT2D eigenvalue weighted by atomic mass is 10.2. The second-order valence-electron chi connectivity index (χ2n) is 5.21. The largest absolute Gasteiger partial charge is 0.398 e. The van der Waals surface area contributed by atoms with E-state index in [2.05, 4.69) is 9.98 Å². The highest BCUT2D eigenvalue weighted by Gasteiger charge is 2.08. The van der Waals surface area contributed by atoms with Gasteiger partial charge in [0.15, 0.2) is 0 Å². The molecule has 0 bridgehead atoms. The third-order valence-corrected chi connectivity index (χ3v) is 3.38. The summed E-state index contributed by atoms with van der Waals surface area (Å²) >= 11 is 0. The Labute approximate surface area is 148 Å². The highest BCUT2D eigenvalue weighted by molar-refractivity contribution is 5.88. The number of aliphatic imine (C=N–C) groups is 2.